The van der Waals surface area contributed by atoms with Crippen LogP contribution in [-0.2, 0) is 14.4 Å². The molecule has 2 heterocycles. The van der Waals surface area contributed by atoms with Crippen LogP contribution in [0.3, 0.4) is 0 Å². The van der Waals surface area contributed by atoms with E-state index in [0.717, 1.165) is 10.5 Å². The molecular weight excluding hydrogens is 311 g/mol. The first-order valence-corrected chi connectivity index (χ1v) is 7.50. The number of nitrogens with zero attached hydrogens (tertiary/aromatic N) is 2. The third kappa shape index (κ3) is 2.11. The Bertz CT molecular complexity index is 859. The van der Waals surface area contributed by atoms with Gasteiger partial charge in [-0.1, -0.05) is 35.0 Å². The molecule has 0 spiro atoms. The van der Waals surface area contributed by atoms with Crippen LogP contribution in [-0.4, -0.2) is 23.6 Å². The topological polar surface area (TPSA) is 59.0 Å². The van der Waals surface area contributed by atoms with Crippen molar-refractivity contribution >= 4 is 23.2 Å². The van der Waals surface area contributed by atoms with Gasteiger partial charge in [0.15, 0.2) is 0 Å². The molecule has 6 heteroatoms. The molecule has 0 bridgehead atoms. The molecule has 2 amide bonds. The second-order valence-corrected chi connectivity index (χ2v) is 5.83. The number of aryl methyl sites for hydroxylation is 1. The molecule has 120 valence electrons. The first-order chi connectivity index (χ1) is 11.6. The zero-order chi connectivity index (χ0) is 16.8. The summed E-state index contributed by atoms with van der Waals surface area (Å²) in [5, 5.41) is 3.89. The average Bonchev–Trinajstić information content (AvgIpc) is 3.11. The predicted molar refractivity (Wildman–Crippen MR) is 85.0 cm³/mol. The van der Waals surface area contributed by atoms with E-state index < -0.39 is 17.9 Å². The highest BCUT2D eigenvalue weighted by molar-refractivity contribution is 6.32. The molecule has 4 rings (SSSR count). The van der Waals surface area contributed by atoms with Gasteiger partial charge in [0.1, 0.15) is 17.4 Å². The Morgan fingerprint density at radius 1 is 1.00 bits per heavy atom. The van der Waals surface area contributed by atoms with Gasteiger partial charge in [-0.25, -0.2) is 9.29 Å². The lowest BCUT2D eigenvalue weighted by Crippen LogP contribution is -2.33. The van der Waals surface area contributed by atoms with Crippen LogP contribution >= 0.6 is 0 Å². The van der Waals surface area contributed by atoms with Gasteiger partial charge >= 0.3 is 0 Å². The van der Waals surface area contributed by atoms with Crippen LogP contribution in [0.4, 0.5) is 10.1 Å². The lowest BCUT2D eigenvalue weighted by atomic mass is 9.94. The van der Waals surface area contributed by atoms with Crippen LogP contribution in [0.15, 0.2) is 53.7 Å². The molecule has 2 aliphatic rings. The molecule has 0 saturated carbocycles. The van der Waals surface area contributed by atoms with E-state index in [1.165, 1.54) is 24.3 Å². The number of anilines is 1. The van der Waals surface area contributed by atoms with E-state index in [-0.39, 0.29) is 11.7 Å². The monoisotopic (exact) mass is 324 g/mol. The van der Waals surface area contributed by atoms with Gasteiger partial charge in [-0.15, -0.1) is 0 Å². The largest absolute Gasteiger partial charge is 0.381 e. The SMILES string of the molecule is Cc1ccc(N2C(=O)[C@H]3C(c4ccc(F)cc4)=NO[C@H]3C2=O)cc1. The highest BCUT2D eigenvalue weighted by atomic mass is 19.1. The number of carbonyl (C=O) groups excluding carboxylic acids is 2. The Morgan fingerprint density at radius 3 is 2.33 bits per heavy atom. The number of rotatable bonds is 2. The molecule has 2 aliphatic heterocycles. The van der Waals surface area contributed by atoms with Crippen molar-refractivity contribution in [3.8, 4) is 0 Å². The minimum Gasteiger partial charge on any atom is -0.381 e. The van der Waals surface area contributed by atoms with Gasteiger partial charge in [-0.05, 0) is 31.2 Å². The van der Waals surface area contributed by atoms with Crippen LogP contribution in [0.2, 0.25) is 0 Å². The first-order valence-electron chi connectivity index (χ1n) is 7.50. The van der Waals surface area contributed by atoms with Gasteiger partial charge in [0.2, 0.25) is 12.0 Å². The molecule has 1 saturated heterocycles. The van der Waals surface area contributed by atoms with E-state index in [0.29, 0.717) is 17.0 Å². The molecule has 2 aromatic carbocycles. The molecule has 1 fully saturated rings. The maximum absolute atomic E-state index is 13.1. The minimum absolute atomic E-state index is 0.355. The number of amides is 2. The molecule has 0 aromatic heterocycles. The van der Waals surface area contributed by atoms with Crippen molar-refractivity contribution in [1.82, 2.24) is 0 Å². The number of fused-ring (bicyclic) bond motifs is 1. The van der Waals surface area contributed by atoms with Crippen molar-refractivity contribution < 1.29 is 18.8 Å². The molecule has 0 unspecified atom stereocenters. The fourth-order valence-corrected chi connectivity index (χ4v) is 2.98. The number of imide groups is 1. The molecule has 0 N–H and O–H groups in total. The Morgan fingerprint density at radius 2 is 1.67 bits per heavy atom. The molecular formula is C18H13FN2O3. The molecule has 24 heavy (non-hydrogen) atoms. The van der Waals surface area contributed by atoms with Crippen molar-refractivity contribution in [1.29, 1.82) is 0 Å². The Kier molecular flexibility index (Phi) is 3.19. The summed E-state index contributed by atoms with van der Waals surface area (Å²) in [6.45, 7) is 1.93. The van der Waals surface area contributed by atoms with Gasteiger partial charge in [-0.3, -0.25) is 9.59 Å². The Hall–Kier alpha value is -3.02. The Labute approximate surface area is 137 Å². The summed E-state index contributed by atoms with van der Waals surface area (Å²) in [7, 11) is 0. The van der Waals surface area contributed by atoms with E-state index in [9.17, 15) is 14.0 Å². The number of carbonyl (C=O) groups is 2. The van der Waals surface area contributed by atoms with E-state index in [2.05, 4.69) is 5.16 Å². The average molecular weight is 324 g/mol. The fraction of sp³-hybridized carbons (Fsp3) is 0.167. The highest BCUT2D eigenvalue weighted by Gasteiger charge is 2.56. The van der Waals surface area contributed by atoms with E-state index >= 15 is 0 Å². The number of hydrogen-bond donors (Lipinski definition) is 0. The first kappa shape index (κ1) is 14.6. The van der Waals surface area contributed by atoms with Crippen molar-refractivity contribution in [2.45, 2.75) is 13.0 Å². The van der Waals surface area contributed by atoms with Gasteiger partial charge in [0, 0.05) is 5.56 Å². The molecule has 2 atom stereocenters. The quantitative estimate of drug-likeness (QED) is 0.797. The number of hydrogen-bond acceptors (Lipinski definition) is 4. The summed E-state index contributed by atoms with van der Waals surface area (Å²) in [5.74, 6) is -2.00. The van der Waals surface area contributed by atoms with Gasteiger partial charge in [0.05, 0.1) is 5.69 Å². The second-order valence-electron chi connectivity index (χ2n) is 5.83. The Balaban J connectivity index is 1.69. The van der Waals surface area contributed by atoms with E-state index in [1.54, 1.807) is 12.1 Å². The lowest BCUT2D eigenvalue weighted by Gasteiger charge is -2.15. The summed E-state index contributed by atoms with van der Waals surface area (Å²) in [5.41, 5.74) is 2.46. The smallest absolute Gasteiger partial charge is 0.278 e. The number of oxime groups is 1. The summed E-state index contributed by atoms with van der Waals surface area (Å²) < 4.78 is 13.1. The maximum atomic E-state index is 13.1. The zero-order valence-electron chi connectivity index (χ0n) is 12.8. The van der Waals surface area contributed by atoms with Crippen molar-refractivity contribution in [2.24, 2.45) is 11.1 Å². The van der Waals surface area contributed by atoms with Crippen molar-refractivity contribution in [2.75, 3.05) is 4.90 Å². The summed E-state index contributed by atoms with van der Waals surface area (Å²) in [6, 6.07) is 12.7. The van der Waals surface area contributed by atoms with Crippen LogP contribution in [0, 0.1) is 18.7 Å². The van der Waals surface area contributed by atoms with E-state index in [4.69, 9.17) is 4.84 Å². The summed E-state index contributed by atoms with van der Waals surface area (Å²) >= 11 is 0. The van der Waals surface area contributed by atoms with Crippen molar-refractivity contribution in [3.63, 3.8) is 0 Å². The highest BCUT2D eigenvalue weighted by Crippen LogP contribution is 2.35. The third-order valence-electron chi connectivity index (χ3n) is 4.24. The van der Waals surface area contributed by atoms with Crippen LogP contribution < -0.4 is 4.90 Å². The van der Waals surface area contributed by atoms with Gasteiger partial charge < -0.3 is 4.84 Å². The molecule has 0 aliphatic carbocycles. The van der Waals surface area contributed by atoms with E-state index in [1.807, 2.05) is 19.1 Å². The van der Waals surface area contributed by atoms with Gasteiger partial charge in [-0.2, -0.15) is 0 Å². The summed E-state index contributed by atoms with van der Waals surface area (Å²) in [6.07, 6.45) is -0.959. The number of halogens is 1. The standard InChI is InChI=1S/C18H13FN2O3/c1-10-2-8-13(9-3-10)21-17(22)14-15(20-24-16(14)18(21)23)11-4-6-12(19)7-5-11/h2-9,14,16H,1H3/t14-,16+/m0/s1. The van der Waals surface area contributed by atoms with Crippen LogP contribution in [0.5, 0.6) is 0 Å². The van der Waals surface area contributed by atoms with Crippen LogP contribution in [0.25, 0.3) is 0 Å². The fourth-order valence-electron chi connectivity index (χ4n) is 2.98. The minimum atomic E-state index is -0.959. The molecule has 2 aromatic rings. The van der Waals surface area contributed by atoms with Gasteiger partial charge in [0.25, 0.3) is 5.91 Å². The second kappa shape index (κ2) is 5.26. The molecule has 0 radical (unpaired) electrons. The van der Waals surface area contributed by atoms with Crippen LogP contribution in [0.1, 0.15) is 11.1 Å². The molecule has 5 nitrogen and oxygen atoms in total. The zero-order valence-corrected chi connectivity index (χ0v) is 12.8. The predicted octanol–water partition coefficient (Wildman–Crippen LogP) is 2.43. The normalized spacial score (nSPS) is 22.4. The third-order valence-corrected chi connectivity index (χ3v) is 4.24. The maximum Gasteiger partial charge on any atom is 0.278 e. The lowest BCUT2D eigenvalue weighted by molar-refractivity contribution is -0.126. The summed E-state index contributed by atoms with van der Waals surface area (Å²) in [4.78, 5) is 31.7. The number of benzene rings is 2. The van der Waals surface area contributed by atoms with Crippen molar-refractivity contribution in [3.05, 3.63) is 65.5 Å².